The van der Waals surface area contributed by atoms with Crippen molar-refractivity contribution >= 4 is 28.2 Å². The van der Waals surface area contributed by atoms with Crippen LogP contribution in [0.25, 0.3) is 11.0 Å². The summed E-state index contributed by atoms with van der Waals surface area (Å²) in [6, 6.07) is 16.4. The molecule has 0 amide bonds. The van der Waals surface area contributed by atoms with E-state index in [1.165, 1.54) is 5.56 Å². The van der Waals surface area contributed by atoms with Gasteiger partial charge in [-0.1, -0.05) is 56.4 Å². The maximum atomic E-state index is 5.74. The monoisotopic (exact) mass is 309 g/mol. The molecule has 0 unspecified atom stereocenters. The molecule has 0 atom stereocenters. The van der Waals surface area contributed by atoms with Crippen molar-refractivity contribution in [2.24, 2.45) is 5.73 Å². The summed E-state index contributed by atoms with van der Waals surface area (Å²) in [5.74, 6) is 1.47. The molecule has 112 valence electrons. The first-order valence-electron chi connectivity index (χ1n) is 7.40. The third-order valence-corrected chi connectivity index (χ3v) is 3.99. The van der Waals surface area contributed by atoms with E-state index in [-0.39, 0.29) is 0 Å². The van der Waals surface area contributed by atoms with Crippen LogP contribution in [0.1, 0.15) is 36.7 Å². The van der Waals surface area contributed by atoms with Crippen LogP contribution in [-0.2, 0) is 6.54 Å². The Kier molecular flexibility index (Phi) is 3.94. The number of thiocarbonyl (C=S) groups is 1. The fourth-order valence-corrected chi connectivity index (χ4v) is 2.83. The second-order valence-corrected chi connectivity index (χ2v) is 6.20. The third kappa shape index (κ3) is 2.74. The summed E-state index contributed by atoms with van der Waals surface area (Å²) in [4.78, 5) is 5.21. The maximum absolute atomic E-state index is 5.74. The zero-order chi connectivity index (χ0) is 15.7. The van der Waals surface area contributed by atoms with Gasteiger partial charge in [-0.2, -0.15) is 0 Å². The normalized spacial score (nSPS) is 11.2. The Morgan fingerprint density at radius 3 is 2.68 bits per heavy atom. The molecule has 0 saturated heterocycles. The van der Waals surface area contributed by atoms with Gasteiger partial charge in [0.1, 0.15) is 10.8 Å². The van der Waals surface area contributed by atoms with E-state index in [2.05, 4.69) is 48.7 Å². The van der Waals surface area contributed by atoms with Gasteiger partial charge in [-0.05, 0) is 23.8 Å². The summed E-state index contributed by atoms with van der Waals surface area (Å²) >= 11 is 5.07. The molecule has 3 aromatic rings. The molecule has 1 heterocycles. The topological polar surface area (TPSA) is 43.8 Å². The second kappa shape index (κ2) is 5.89. The SMILES string of the molecule is CC(C)c1nc2ccccc2n1Cc1cccc(C(N)=S)c1. The first-order chi connectivity index (χ1) is 10.6. The lowest BCUT2D eigenvalue weighted by Gasteiger charge is -2.12. The van der Waals surface area contributed by atoms with E-state index in [0.29, 0.717) is 10.9 Å². The van der Waals surface area contributed by atoms with E-state index in [0.717, 1.165) is 29.0 Å². The van der Waals surface area contributed by atoms with Crippen molar-refractivity contribution in [2.45, 2.75) is 26.3 Å². The molecular weight excluding hydrogens is 290 g/mol. The van der Waals surface area contributed by atoms with Crippen molar-refractivity contribution in [1.29, 1.82) is 0 Å². The van der Waals surface area contributed by atoms with Gasteiger partial charge in [-0.25, -0.2) is 4.98 Å². The maximum Gasteiger partial charge on any atom is 0.112 e. The smallest absolute Gasteiger partial charge is 0.112 e. The number of rotatable bonds is 4. The van der Waals surface area contributed by atoms with Crippen LogP contribution >= 0.6 is 12.2 Å². The fourth-order valence-electron chi connectivity index (χ4n) is 2.71. The van der Waals surface area contributed by atoms with Gasteiger partial charge in [0.15, 0.2) is 0 Å². The number of benzene rings is 2. The summed E-state index contributed by atoms with van der Waals surface area (Å²) in [6.45, 7) is 5.11. The molecule has 0 radical (unpaired) electrons. The predicted octanol–water partition coefficient (Wildman–Crippen LogP) is 3.84. The third-order valence-electron chi connectivity index (χ3n) is 3.75. The number of para-hydroxylation sites is 2. The summed E-state index contributed by atoms with van der Waals surface area (Å²) in [7, 11) is 0. The number of fused-ring (bicyclic) bond motifs is 1. The van der Waals surface area contributed by atoms with Gasteiger partial charge in [0.05, 0.1) is 11.0 Å². The average Bonchev–Trinajstić information content (AvgIpc) is 2.87. The van der Waals surface area contributed by atoms with Crippen LogP contribution in [0.4, 0.5) is 0 Å². The molecule has 0 fully saturated rings. The van der Waals surface area contributed by atoms with Crippen molar-refractivity contribution < 1.29 is 0 Å². The highest BCUT2D eigenvalue weighted by Crippen LogP contribution is 2.23. The number of imidazole rings is 1. The minimum absolute atomic E-state index is 0.367. The van der Waals surface area contributed by atoms with Crippen LogP contribution in [0.3, 0.4) is 0 Å². The van der Waals surface area contributed by atoms with Gasteiger partial charge in [-0.3, -0.25) is 0 Å². The highest BCUT2D eigenvalue weighted by atomic mass is 32.1. The molecule has 2 aromatic carbocycles. The Balaban J connectivity index is 2.08. The van der Waals surface area contributed by atoms with Crippen molar-refractivity contribution in [1.82, 2.24) is 9.55 Å². The van der Waals surface area contributed by atoms with Crippen LogP contribution in [0.5, 0.6) is 0 Å². The van der Waals surface area contributed by atoms with Crippen LogP contribution in [0.15, 0.2) is 48.5 Å². The molecular formula is C18H19N3S. The highest BCUT2D eigenvalue weighted by Gasteiger charge is 2.13. The molecule has 4 heteroatoms. The largest absolute Gasteiger partial charge is 0.389 e. The van der Waals surface area contributed by atoms with E-state index in [1.54, 1.807) is 0 Å². The zero-order valence-electron chi connectivity index (χ0n) is 12.8. The van der Waals surface area contributed by atoms with E-state index in [4.69, 9.17) is 22.9 Å². The van der Waals surface area contributed by atoms with Gasteiger partial charge in [0.2, 0.25) is 0 Å². The molecule has 0 saturated carbocycles. The molecule has 0 aliphatic rings. The van der Waals surface area contributed by atoms with Gasteiger partial charge in [0, 0.05) is 18.0 Å². The van der Waals surface area contributed by atoms with Crippen molar-refractivity contribution in [3.8, 4) is 0 Å². The number of hydrogen-bond donors (Lipinski definition) is 1. The van der Waals surface area contributed by atoms with Crippen LogP contribution in [-0.4, -0.2) is 14.5 Å². The van der Waals surface area contributed by atoms with Crippen molar-refractivity contribution in [2.75, 3.05) is 0 Å². The zero-order valence-corrected chi connectivity index (χ0v) is 13.6. The molecule has 0 aliphatic carbocycles. The van der Waals surface area contributed by atoms with Gasteiger partial charge in [-0.15, -0.1) is 0 Å². The first-order valence-corrected chi connectivity index (χ1v) is 7.81. The molecule has 3 rings (SSSR count). The molecule has 22 heavy (non-hydrogen) atoms. The Morgan fingerprint density at radius 1 is 1.18 bits per heavy atom. The summed E-state index contributed by atoms with van der Waals surface area (Å²) < 4.78 is 2.28. The number of nitrogens with zero attached hydrogens (tertiary/aromatic N) is 2. The molecule has 0 aliphatic heterocycles. The number of nitrogens with two attached hydrogens (primary N) is 1. The van der Waals surface area contributed by atoms with Crippen LogP contribution < -0.4 is 5.73 Å². The second-order valence-electron chi connectivity index (χ2n) is 5.76. The van der Waals surface area contributed by atoms with E-state index in [9.17, 15) is 0 Å². The summed E-state index contributed by atoms with van der Waals surface area (Å²) in [6.07, 6.45) is 0. The lowest BCUT2D eigenvalue weighted by Crippen LogP contribution is -2.11. The van der Waals surface area contributed by atoms with Gasteiger partial charge < -0.3 is 10.3 Å². The molecule has 3 nitrogen and oxygen atoms in total. The lowest BCUT2D eigenvalue weighted by molar-refractivity contribution is 0.683. The standard InChI is InChI=1S/C18H19N3S/c1-12(2)18-20-15-8-3-4-9-16(15)21(18)11-13-6-5-7-14(10-13)17(19)22/h3-10,12H,11H2,1-2H3,(H2,19,22). The molecule has 2 N–H and O–H groups in total. The van der Waals surface area contributed by atoms with Crippen molar-refractivity contribution in [3.63, 3.8) is 0 Å². The lowest BCUT2D eigenvalue weighted by atomic mass is 10.1. The minimum Gasteiger partial charge on any atom is -0.389 e. The quantitative estimate of drug-likeness (QED) is 0.745. The average molecular weight is 309 g/mol. The van der Waals surface area contributed by atoms with E-state index in [1.807, 2.05) is 18.2 Å². The number of hydrogen-bond acceptors (Lipinski definition) is 2. The van der Waals surface area contributed by atoms with Crippen molar-refractivity contribution in [3.05, 3.63) is 65.5 Å². The van der Waals surface area contributed by atoms with E-state index < -0.39 is 0 Å². The predicted molar refractivity (Wildman–Crippen MR) is 95.3 cm³/mol. The molecule has 0 bridgehead atoms. The first kappa shape index (κ1) is 14.7. The van der Waals surface area contributed by atoms with Crippen LogP contribution in [0, 0.1) is 0 Å². The molecule has 1 aromatic heterocycles. The Morgan fingerprint density at radius 2 is 1.95 bits per heavy atom. The number of aromatic nitrogens is 2. The highest BCUT2D eigenvalue weighted by molar-refractivity contribution is 7.80. The minimum atomic E-state index is 0.367. The Bertz CT molecular complexity index is 833. The summed E-state index contributed by atoms with van der Waals surface area (Å²) in [5.41, 5.74) is 10.0. The Hall–Kier alpha value is -2.20. The molecule has 0 spiro atoms. The fraction of sp³-hybridized carbons (Fsp3) is 0.222. The Labute approximate surface area is 135 Å². The summed E-state index contributed by atoms with van der Waals surface area (Å²) in [5, 5.41) is 0. The van der Waals surface area contributed by atoms with E-state index >= 15 is 0 Å². The van der Waals surface area contributed by atoms with Gasteiger partial charge in [0.25, 0.3) is 0 Å². The van der Waals surface area contributed by atoms with Crippen LogP contribution in [0.2, 0.25) is 0 Å². The van der Waals surface area contributed by atoms with Gasteiger partial charge >= 0.3 is 0 Å².